The molecule has 0 saturated carbocycles. The maximum atomic E-state index is 11.0. The van der Waals surface area contributed by atoms with Gasteiger partial charge < -0.3 is 10.0 Å². The van der Waals surface area contributed by atoms with Crippen molar-refractivity contribution in [1.29, 1.82) is 0 Å². The van der Waals surface area contributed by atoms with E-state index in [1.165, 1.54) is 19.3 Å². The van der Waals surface area contributed by atoms with Crippen LogP contribution in [-0.2, 0) is 4.79 Å². The Kier molecular flexibility index (Phi) is 4.14. The van der Waals surface area contributed by atoms with Gasteiger partial charge in [0.15, 0.2) is 0 Å². The number of carboxylic acids is 1. The molecule has 88 valence electrons. The monoisotopic (exact) mass is 213 g/mol. The van der Waals surface area contributed by atoms with Crippen molar-refractivity contribution >= 4 is 5.97 Å². The molecule has 1 unspecified atom stereocenters. The normalized spacial score (nSPS) is 24.1. The van der Waals surface area contributed by atoms with E-state index in [0.717, 1.165) is 19.5 Å². The fourth-order valence-corrected chi connectivity index (χ4v) is 2.02. The van der Waals surface area contributed by atoms with Gasteiger partial charge in [0.1, 0.15) is 0 Å². The molecule has 1 heterocycles. The predicted molar refractivity (Wildman–Crippen MR) is 60.9 cm³/mol. The zero-order valence-electron chi connectivity index (χ0n) is 10.1. The Labute approximate surface area is 92.5 Å². The van der Waals surface area contributed by atoms with Gasteiger partial charge in [0.25, 0.3) is 0 Å². The van der Waals surface area contributed by atoms with E-state index in [2.05, 4.69) is 11.8 Å². The number of carboxylic acid groups (broad SMARTS) is 1. The second-order valence-electron chi connectivity index (χ2n) is 5.32. The fourth-order valence-electron chi connectivity index (χ4n) is 2.02. The molecule has 0 aromatic heterocycles. The quantitative estimate of drug-likeness (QED) is 0.779. The van der Waals surface area contributed by atoms with Gasteiger partial charge in [-0.2, -0.15) is 0 Å². The summed E-state index contributed by atoms with van der Waals surface area (Å²) >= 11 is 0. The minimum atomic E-state index is -0.688. The van der Waals surface area contributed by atoms with Crippen LogP contribution in [0.15, 0.2) is 0 Å². The minimum Gasteiger partial charge on any atom is -0.481 e. The molecule has 3 heteroatoms. The fraction of sp³-hybridized carbons (Fsp3) is 0.917. The topological polar surface area (TPSA) is 40.5 Å². The van der Waals surface area contributed by atoms with E-state index < -0.39 is 11.4 Å². The lowest BCUT2D eigenvalue weighted by Gasteiger charge is -2.35. The van der Waals surface area contributed by atoms with E-state index in [9.17, 15) is 4.79 Å². The number of piperidine rings is 1. The molecule has 1 saturated heterocycles. The summed E-state index contributed by atoms with van der Waals surface area (Å²) in [6.45, 7) is 7.91. The van der Waals surface area contributed by atoms with Crippen LogP contribution in [0.3, 0.4) is 0 Å². The van der Waals surface area contributed by atoms with Crippen LogP contribution in [0.2, 0.25) is 0 Å². The van der Waals surface area contributed by atoms with Crippen molar-refractivity contribution in [1.82, 2.24) is 4.90 Å². The molecule has 1 N–H and O–H groups in total. The maximum absolute atomic E-state index is 11.0. The van der Waals surface area contributed by atoms with Gasteiger partial charge in [-0.05, 0) is 53.1 Å². The molecule has 1 atom stereocenters. The first-order chi connectivity index (χ1) is 6.93. The lowest BCUT2D eigenvalue weighted by Crippen LogP contribution is -2.40. The number of aliphatic carboxylic acids is 1. The zero-order valence-corrected chi connectivity index (χ0v) is 10.1. The summed E-state index contributed by atoms with van der Waals surface area (Å²) in [7, 11) is 0. The molecule has 0 amide bonds. The largest absolute Gasteiger partial charge is 0.481 e. The third kappa shape index (κ3) is 3.49. The van der Waals surface area contributed by atoms with Gasteiger partial charge in [-0.3, -0.25) is 4.79 Å². The van der Waals surface area contributed by atoms with Gasteiger partial charge in [0.2, 0.25) is 0 Å². The van der Waals surface area contributed by atoms with E-state index in [-0.39, 0.29) is 0 Å². The van der Waals surface area contributed by atoms with Crippen LogP contribution in [0.25, 0.3) is 0 Å². The lowest BCUT2D eigenvalue weighted by molar-refractivity contribution is -0.147. The SMILES string of the molecule is CC1CCCCN1CCC(C)(C)C(=O)O. The molecular weight excluding hydrogens is 190 g/mol. The van der Waals surface area contributed by atoms with Crippen molar-refractivity contribution in [2.75, 3.05) is 13.1 Å². The highest BCUT2D eigenvalue weighted by Gasteiger charge is 2.28. The van der Waals surface area contributed by atoms with E-state index in [1.54, 1.807) is 0 Å². The zero-order chi connectivity index (χ0) is 11.5. The van der Waals surface area contributed by atoms with Gasteiger partial charge in [-0.25, -0.2) is 0 Å². The summed E-state index contributed by atoms with van der Waals surface area (Å²) in [6, 6.07) is 0.628. The first-order valence-corrected chi connectivity index (χ1v) is 5.91. The van der Waals surface area contributed by atoms with Gasteiger partial charge in [0, 0.05) is 6.04 Å². The molecule has 15 heavy (non-hydrogen) atoms. The van der Waals surface area contributed by atoms with Crippen LogP contribution < -0.4 is 0 Å². The number of rotatable bonds is 4. The highest BCUT2D eigenvalue weighted by Crippen LogP contribution is 2.23. The van der Waals surface area contributed by atoms with Crippen molar-refractivity contribution in [2.24, 2.45) is 5.41 Å². The van der Waals surface area contributed by atoms with Gasteiger partial charge in [-0.15, -0.1) is 0 Å². The summed E-state index contributed by atoms with van der Waals surface area (Å²) in [4.78, 5) is 13.4. The van der Waals surface area contributed by atoms with Crippen LogP contribution in [0.1, 0.15) is 46.5 Å². The number of likely N-dealkylation sites (tertiary alicyclic amines) is 1. The molecule has 0 aromatic carbocycles. The van der Waals surface area contributed by atoms with Crippen LogP contribution in [-0.4, -0.2) is 35.1 Å². The molecule has 0 bridgehead atoms. The number of hydrogen-bond donors (Lipinski definition) is 1. The van der Waals surface area contributed by atoms with E-state index >= 15 is 0 Å². The summed E-state index contributed by atoms with van der Waals surface area (Å²) in [5.74, 6) is -0.688. The van der Waals surface area contributed by atoms with Crippen LogP contribution in [0, 0.1) is 5.41 Å². The third-order valence-corrected chi connectivity index (χ3v) is 3.54. The summed E-state index contributed by atoms with van der Waals surface area (Å²) in [6.07, 6.45) is 4.58. The molecule has 1 rings (SSSR count). The molecule has 0 radical (unpaired) electrons. The van der Waals surface area contributed by atoms with E-state index in [0.29, 0.717) is 6.04 Å². The Balaban J connectivity index is 2.38. The maximum Gasteiger partial charge on any atom is 0.309 e. The van der Waals surface area contributed by atoms with Gasteiger partial charge >= 0.3 is 5.97 Å². The Morgan fingerprint density at radius 3 is 2.67 bits per heavy atom. The summed E-state index contributed by atoms with van der Waals surface area (Å²) in [5, 5.41) is 9.02. The molecule has 1 aliphatic rings. The van der Waals surface area contributed by atoms with Gasteiger partial charge in [0.05, 0.1) is 5.41 Å². The smallest absolute Gasteiger partial charge is 0.309 e. The van der Waals surface area contributed by atoms with E-state index in [4.69, 9.17) is 5.11 Å². The highest BCUT2D eigenvalue weighted by molar-refractivity contribution is 5.73. The first-order valence-electron chi connectivity index (χ1n) is 5.91. The molecule has 1 aliphatic heterocycles. The Morgan fingerprint density at radius 2 is 2.13 bits per heavy atom. The minimum absolute atomic E-state index is 0.586. The summed E-state index contributed by atoms with van der Waals surface area (Å²) in [5.41, 5.74) is -0.586. The van der Waals surface area contributed by atoms with Crippen molar-refractivity contribution in [3.8, 4) is 0 Å². The molecule has 0 aromatic rings. The first kappa shape index (κ1) is 12.5. The second-order valence-corrected chi connectivity index (χ2v) is 5.32. The molecular formula is C12H23NO2. The van der Waals surface area contributed by atoms with E-state index in [1.807, 2.05) is 13.8 Å². The average Bonchev–Trinajstić information content (AvgIpc) is 2.16. The Morgan fingerprint density at radius 1 is 1.47 bits per heavy atom. The molecule has 0 spiro atoms. The van der Waals surface area contributed by atoms with Gasteiger partial charge in [-0.1, -0.05) is 6.42 Å². The number of hydrogen-bond acceptors (Lipinski definition) is 2. The van der Waals surface area contributed by atoms with Crippen molar-refractivity contribution in [2.45, 2.75) is 52.5 Å². The predicted octanol–water partition coefficient (Wildman–Crippen LogP) is 2.36. The standard InChI is InChI=1S/C12H23NO2/c1-10-6-4-5-8-13(10)9-7-12(2,3)11(14)15/h10H,4-9H2,1-3H3,(H,14,15). The lowest BCUT2D eigenvalue weighted by atomic mass is 9.89. The highest BCUT2D eigenvalue weighted by atomic mass is 16.4. The van der Waals surface area contributed by atoms with Crippen LogP contribution in [0.4, 0.5) is 0 Å². The van der Waals surface area contributed by atoms with Crippen molar-refractivity contribution in [3.05, 3.63) is 0 Å². The average molecular weight is 213 g/mol. The van der Waals surface area contributed by atoms with Crippen molar-refractivity contribution in [3.63, 3.8) is 0 Å². The molecule has 0 aliphatic carbocycles. The Hall–Kier alpha value is -0.570. The molecule has 3 nitrogen and oxygen atoms in total. The summed E-state index contributed by atoms with van der Waals surface area (Å²) < 4.78 is 0. The second kappa shape index (κ2) is 4.97. The molecule has 1 fully saturated rings. The third-order valence-electron chi connectivity index (χ3n) is 3.54. The van der Waals surface area contributed by atoms with Crippen LogP contribution in [0.5, 0.6) is 0 Å². The Bertz CT molecular complexity index is 226. The van der Waals surface area contributed by atoms with Crippen LogP contribution >= 0.6 is 0 Å². The van der Waals surface area contributed by atoms with Crippen molar-refractivity contribution < 1.29 is 9.90 Å². The number of nitrogens with zero attached hydrogens (tertiary/aromatic N) is 1. The number of carbonyl (C=O) groups is 1.